The van der Waals surface area contributed by atoms with Crippen LogP contribution >= 0.6 is 58.0 Å². The Hall–Kier alpha value is -1.21. The smallest absolute Gasteiger partial charge is 0.225 e. The molecule has 0 bridgehead atoms. The summed E-state index contributed by atoms with van der Waals surface area (Å²) in [4.78, 5) is 15.0. The number of hydrogen-bond donors (Lipinski definition) is 0. The minimum atomic E-state index is 0.0625. The first-order valence-electron chi connectivity index (χ1n) is 8.13. The van der Waals surface area contributed by atoms with Crippen LogP contribution in [0, 0.1) is 0 Å². The third-order valence-electron chi connectivity index (χ3n) is 3.20. The van der Waals surface area contributed by atoms with Gasteiger partial charge in [-0.05, 0) is 36.0 Å². The Balaban J connectivity index is 0.000000170. The molecule has 4 rings (SSSR count). The summed E-state index contributed by atoms with van der Waals surface area (Å²) in [5.74, 6) is 0. The van der Waals surface area contributed by atoms with Gasteiger partial charge in [0.15, 0.2) is 0 Å². The monoisotopic (exact) mass is 478 g/mol. The summed E-state index contributed by atoms with van der Waals surface area (Å²) in [6, 6.07) is 12.8. The second-order valence-electron chi connectivity index (χ2n) is 5.31. The Kier molecular flexibility index (Phi) is 10.2. The standard InChI is InChI=1S/C10H6Cl2N2.C4HCl3N2.C4H8O/c11-9-6-8(13-10(12)14-9)7-4-2-1-3-5-7;5-2-1-3(6)9-4(7)8-2;1-2-4-5-3-1/h1-6H;1H;1-4H2. The first kappa shape index (κ1) is 23.1. The van der Waals surface area contributed by atoms with Gasteiger partial charge in [0.1, 0.15) is 15.5 Å². The first-order chi connectivity index (χ1) is 13.4. The number of rotatable bonds is 1. The highest BCUT2D eigenvalue weighted by atomic mass is 35.5. The van der Waals surface area contributed by atoms with Crippen molar-refractivity contribution in [1.29, 1.82) is 0 Å². The molecular formula is C18H15Cl5N4O. The largest absolute Gasteiger partial charge is 0.381 e. The molecule has 0 N–H and O–H groups in total. The predicted molar refractivity (Wildman–Crippen MR) is 115 cm³/mol. The van der Waals surface area contributed by atoms with Crippen LogP contribution in [-0.2, 0) is 4.74 Å². The van der Waals surface area contributed by atoms with Gasteiger partial charge in [-0.3, -0.25) is 0 Å². The van der Waals surface area contributed by atoms with Gasteiger partial charge >= 0.3 is 0 Å². The predicted octanol–water partition coefficient (Wildman–Crippen LogP) is 6.68. The van der Waals surface area contributed by atoms with E-state index in [-0.39, 0.29) is 20.9 Å². The summed E-state index contributed by atoms with van der Waals surface area (Å²) in [6.45, 7) is 2.00. The molecule has 1 aromatic carbocycles. The summed E-state index contributed by atoms with van der Waals surface area (Å²) >= 11 is 27.7. The third-order valence-corrected chi connectivity index (χ3v) is 4.12. The van der Waals surface area contributed by atoms with Gasteiger partial charge in [-0.2, -0.15) is 0 Å². The quantitative estimate of drug-likeness (QED) is 0.287. The number of halogens is 5. The Morgan fingerprint density at radius 2 is 1.14 bits per heavy atom. The van der Waals surface area contributed by atoms with Gasteiger partial charge < -0.3 is 4.74 Å². The molecule has 0 spiro atoms. The van der Waals surface area contributed by atoms with Crippen LogP contribution in [-0.4, -0.2) is 33.1 Å². The fourth-order valence-electron chi connectivity index (χ4n) is 2.02. The molecule has 0 aliphatic carbocycles. The maximum Gasteiger partial charge on any atom is 0.225 e. The molecule has 5 nitrogen and oxygen atoms in total. The summed E-state index contributed by atoms with van der Waals surface area (Å²) < 4.78 is 4.94. The zero-order chi connectivity index (χ0) is 20.4. The Bertz CT molecular complexity index is 801. The molecule has 10 heteroatoms. The number of benzene rings is 1. The molecule has 1 aliphatic heterocycles. The lowest BCUT2D eigenvalue weighted by atomic mass is 10.1. The van der Waals surface area contributed by atoms with Crippen LogP contribution in [0.3, 0.4) is 0 Å². The molecule has 0 radical (unpaired) electrons. The molecule has 0 atom stereocenters. The van der Waals surface area contributed by atoms with E-state index >= 15 is 0 Å². The van der Waals surface area contributed by atoms with Crippen LogP contribution in [0.5, 0.6) is 0 Å². The molecule has 0 amide bonds. The van der Waals surface area contributed by atoms with Crippen molar-refractivity contribution >= 4 is 58.0 Å². The van der Waals surface area contributed by atoms with Crippen molar-refractivity contribution in [3.05, 3.63) is 68.5 Å². The highest BCUT2D eigenvalue weighted by Crippen LogP contribution is 2.20. The zero-order valence-electron chi connectivity index (χ0n) is 14.5. The SMILES string of the molecule is C1CCOC1.Clc1cc(-c2ccccc2)nc(Cl)n1.Clc1cc(Cl)nc(Cl)n1. The maximum absolute atomic E-state index is 5.76. The molecule has 1 saturated heterocycles. The van der Waals surface area contributed by atoms with Crippen molar-refractivity contribution in [2.75, 3.05) is 13.2 Å². The van der Waals surface area contributed by atoms with Gasteiger partial charge in [-0.1, -0.05) is 65.1 Å². The van der Waals surface area contributed by atoms with Crippen molar-refractivity contribution in [2.45, 2.75) is 12.8 Å². The van der Waals surface area contributed by atoms with E-state index in [0.717, 1.165) is 24.5 Å². The topological polar surface area (TPSA) is 60.8 Å². The van der Waals surface area contributed by atoms with Gasteiger partial charge in [0.05, 0.1) is 5.69 Å². The van der Waals surface area contributed by atoms with Crippen molar-refractivity contribution in [3.8, 4) is 11.3 Å². The first-order valence-corrected chi connectivity index (χ1v) is 10.0. The molecule has 148 valence electrons. The average Bonchev–Trinajstić information content (AvgIpc) is 3.21. The Morgan fingerprint density at radius 3 is 1.57 bits per heavy atom. The molecule has 0 unspecified atom stereocenters. The summed E-state index contributed by atoms with van der Waals surface area (Å²) in [7, 11) is 0. The van der Waals surface area contributed by atoms with Gasteiger partial charge in [0, 0.05) is 30.9 Å². The minimum absolute atomic E-state index is 0.0625. The zero-order valence-corrected chi connectivity index (χ0v) is 18.2. The maximum atomic E-state index is 5.76. The Labute approximate surface area is 188 Å². The lowest BCUT2D eigenvalue weighted by molar-refractivity contribution is 0.198. The van der Waals surface area contributed by atoms with Crippen molar-refractivity contribution in [1.82, 2.24) is 19.9 Å². The Morgan fingerprint density at radius 1 is 0.643 bits per heavy atom. The van der Waals surface area contributed by atoms with Crippen molar-refractivity contribution in [3.63, 3.8) is 0 Å². The van der Waals surface area contributed by atoms with Crippen LogP contribution in [0.15, 0.2) is 42.5 Å². The molecule has 1 fully saturated rings. The number of aromatic nitrogens is 4. The van der Waals surface area contributed by atoms with E-state index in [9.17, 15) is 0 Å². The highest BCUT2D eigenvalue weighted by molar-refractivity contribution is 6.35. The fraction of sp³-hybridized carbons (Fsp3) is 0.222. The van der Waals surface area contributed by atoms with E-state index in [0.29, 0.717) is 5.15 Å². The van der Waals surface area contributed by atoms with E-state index in [4.69, 9.17) is 62.7 Å². The normalized spacial score (nSPS) is 12.5. The molecule has 3 heterocycles. The van der Waals surface area contributed by atoms with E-state index < -0.39 is 0 Å². The molecule has 3 aromatic rings. The van der Waals surface area contributed by atoms with Crippen LogP contribution in [0.2, 0.25) is 26.0 Å². The van der Waals surface area contributed by atoms with Crippen LogP contribution in [0.1, 0.15) is 12.8 Å². The van der Waals surface area contributed by atoms with Crippen LogP contribution in [0.4, 0.5) is 0 Å². The van der Waals surface area contributed by atoms with E-state index in [2.05, 4.69) is 19.9 Å². The van der Waals surface area contributed by atoms with Crippen molar-refractivity contribution in [2.24, 2.45) is 0 Å². The van der Waals surface area contributed by atoms with Crippen LogP contribution < -0.4 is 0 Å². The summed E-state index contributed by atoms with van der Waals surface area (Å²) in [6.07, 6.45) is 2.56. The van der Waals surface area contributed by atoms with Crippen molar-refractivity contribution < 1.29 is 4.74 Å². The second kappa shape index (κ2) is 12.4. The third kappa shape index (κ3) is 8.86. The van der Waals surface area contributed by atoms with E-state index in [1.54, 1.807) is 6.07 Å². The molecule has 1 aliphatic rings. The molecule has 2 aromatic heterocycles. The van der Waals surface area contributed by atoms with E-state index in [1.807, 2.05) is 30.3 Å². The molecular weight excluding hydrogens is 465 g/mol. The van der Waals surface area contributed by atoms with Crippen LogP contribution in [0.25, 0.3) is 11.3 Å². The minimum Gasteiger partial charge on any atom is -0.381 e. The summed E-state index contributed by atoms with van der Waals surface area (Å²) in [5, 5.41) is 1.08. The van der Waals surface area contributed by atoms with Gasteiger partial charge in [0.25, 0.3) is 0 Å². The number of hydrogen-bond acceptors (Lipinski definition) is 5. The second-order valence-corrected chi connectivity index (χ2v) is 7.15. The average molecular weight is 481 g/mol. The highest BCUT2D eigenvalue weighted by Gasteiger charge is 2.02. The van der Waals surface area contributed by atoms with Gasteiger partial charge in [-0.15, -0.1) is 0 Å². The number of ether oxygens (including phenoxy) is 1. The van der Waals surface area contributed by atoms with Gasteiger partial charge in [-0.25, -0.2) is 19.9 Å². The van der Waals surface area contributed by atoms with E-state index in [1.165, 1.54) is 18.9 Å². The molecule has 28 heavy (non-hydrogen) atoms. The van der Waals surface area contributed by atoms with Gasteiger partial charge in [0.2, 0.25) is 10.6 Å². The number of nitrogens with zero attached hydrogens (tertiary/aromatic N) is 4. The lowest BCUT2D eigenvalue weighted by Gasteiger charge is -2.00. The molecule has 0 saturated carbocycles. The lowest BCUT2D eigenvalue weighted by Crippen LogP contribution is -1.87. The summed E-state index contributed by atoms with van der Waals surface area (Å²) in [5.41, 5.74) is 1.70. The fourth-order valence-corrected chi connectivity index (χ4v) is 3.12.